The van der Waals surface area contributed by atoms with Gasteiger partial charge in [0.1, 0.15) is 17.4 Å². The molecule has 0 saturated carbocycles. The molecule has 0 unspecified atom stereocenters. The van der Waals surface area contributed by atoms with E-state index in [1.54, 1.807) is 29.1 Å². The highest BCUT2D eigenvalue weighted by atomic mass is 32.1. The second-order valence-electron chi connectivity index (χ2n) is 9.61. The van der Waals surface area contributed by atoms with Crippen LogP contribution in [0.25, 0.3) is 16.5 Å². The maximum Gasteiger partial charge on any atom is 0.302 e. The SMILES string of the molecule is CC(C)C1CCN(C(=O)Cn2ccn3c(=O)c(O)c(-c4ncc(Cc5ccc(F)cc5)s4)nc23)CC1. The Morgan fingerprint density at radius 2 is 1.92 bits per heavy atom. The predicted octanol–water partition coefficient (Wildman–Crippen LogP) is 3.95. The van der Waals surface area contributed by atoms with E-state index in [2.05, 4.69) is 23.8 Å². The van der Waals surface area contributed by atoms with Crippen molar-refractivity contribution in [2.24, 2.45) is 11.8 Å². The Kier molecular flexibility index (Phi) is 6.61. The van der Waals surface area contributed by atoms with Crippen molar-refractivity contribution in [1.82, 2.24) is 23.8 Å². The van der Waals surface area contributed by atoms with Gasteiger partial charge in [-0.1, -0.05) is 26.0 Å². The molecule has 1 N–H and O–H groups in total. The lowest BCUT2D eigenvalue weighted by Gasteiger charge is -2.34. The van der Waals surface area contributed by atoms with E-state index in [9.17, 15) is 19.1 Å². The summed E-state index contributed by atoms with van der Waals surface area (Å²) in [4.78, 5) is 37.5. The van der Waals surface area contributed by atoms with Gasteiger partial charge in [-0.15, -0.1) is 11.3 Å². The van der Waals surface area contributed by atoms with Gasteiger partial charge in [0.15, 0.2) is 5.69 Å². The molecular formula is C26H28FN5O3S. The Bertz CT molecular complexity index is 1450. The fourth-order valence-electron chi connectivity index (χ4n) is 4.70. The van der Waals surface area contributed by atoms with Crippen molar-refractivity contribution < 1.29 is 14.3 Å². The first-order valence-electron chi connectivity index (χ1n) is 12.1. The minimum Gasteiger partial charge on any atom is -0.501 e. The molecule has 36 heavy (non-hydrogen) atoms. The number of thiazole rings is 1. The number of amides is 1. The average Bonchev–Trinajstić information content (AvgIpc) is 3.50. The lowest BCUT2D eigenvalue weighted by molar-refractivity contribution is -0.133. The topological polar surface area (TPSA) is 92.7 Å². The van der Waals surface area contributed by atoms with Gasteiger partial charge in [0.25, 0.3) is 0 Å². The van der Waals surface area contributed by atoms with Gasteiger partial charge >= 0.3 is 5.56 Å². The number of hydrogen-bond acceptors (Lipinski definition) is 6. The molecule has 3 aromatic heterocycles. The Morgan fingerprint density at radius 1 is 1.19 bits per heavy atom. The van der Waals surface area contributed by atoms with Crippen LogP contribution in [0.3, 0.4) is 0 Å². The maximum atomic E-state index is 13.2. The Labute approximate surface area is 211 Å². The summed E-state index contributed by atoms with van der Waals surface area (Å²) >= 11 is 1.30. The smallest absolute Gasteiger partial charge is 0.302 e. The molecule has 5 rings (SSSR count). The fourth-order valence-corrected chi connectivity index (χ4v) is 5.64. The molecule has 1 fully saturated rings. The third kappa shape index (κ3) is 4.77. The number of halogens is 1. The highest BCUT2D eigenvalue weighted by Crippen LogP contribution is 2.30. The number of piperidine rings is 1. The summed E-state index contributed by atoms with van der Waals surface area (Å²) in [5.41, 5.74) is 0.388. The first kappa shape index (κ1) is 24.2. The van der Waals surface area contributed by atoms with Crippen LogP contribution < -0.4 is 5.56 Å². The van der Waals surface area contributed by atoms with Crippen LogP contribution in [0, 0.1) is 17.7 Å². The molecule has 0 atom stereocenters. The molecule has 0 aliphatic carbocycles. The maximum absolute atomic E-state index is 13.2. The number of likely N-dealkylation sites (tertiary alicyclic amines) is 1. The second-order valence-corrected chi connectivity index (χ2v) is 10.7. The van der Waals surface area contributed by atoms with Crippen molar-refractivity contribution in [3.63, 3.8) is 0 Å². The monoisotopic (exact) mass is 509 g/mol. The first-order chi connectivity index (χ1) is 17.3. The van der Waals surface area contributed by atoms with Crippen molar-refractivity contribution in [3.8, 4) is 16.5 Å². The minimum absolute atomic E-state index is 0.0185. The summed E-state index contributed by atoms with van der Waals surface area (Å²) in [7, 11) is 0. The molecule has 1 aliphatic heterocycles. The van der Waals surface area contributed by atoms with E-state index in [1.165, 1.54) is 34.1 Å². The van der Waals surface area contributed by atoms with Gasteiger partial charge in [0.2, 0.25) is 17.4 Å². The Hall–Kier alpha value is -3.53. The van der Waals surface area contributed by atoms with E-state index >= 15 is 0 Å². The quantitative estimate of drug-likeness (QED) is 0.425. The second kappa shape index (κ2) is 9.85. The van der Waals surface area contributed by atoms with Crippen LogP contribution in [0.2, 0.25) is 0 Å². The van der Waals surface area contributed by atoms with Crippen LogP contribution in [0.5, 0.6) is 5.75 Å². The summed E-state index contributed by atoms with van der Waals surface area (Å²) < 4.78 is 16.1. The number of carbonyl (C=O) groups excluding carboxylic acids is 1. The van der Waals surface area contributed by atoms with Crippen molar-refractivity contribution >= 4 is 23.0 Å². The number of benzene rings is 1. The van der Waals surface area contributed by atoms with Crippen molar-refractivity contribution in [1.29, 1.82) is 0 Å². The zero-order chi connectivity index (χ0) is 25.4. The van der Waals surface area contributed by atoms with Crippen LogP contribution in [-0.2, 0) is 17.8 Å². The molecule has 0 spiro atoms. The average molecular weight is 510 g/mol. The van der Waals surface area contributed by atoms with E-state index < -0.39 is 11.3 Å². The van der Waals surface area contributed by atoms with E-state index in [0.29, 0.717) is 23.3 Å². The van der Waals surface area contributed by atoms with Crippen molar-refractivity contribution in [2.75, 3.05) is 13.1 Å². The number of imidazole rings is 1. The molecule has 10 heteroatoms. The molecule has 0 bridgehead atoms. The summed E-state index contributed by atoms with van der Waals surface area (Å²) in [5, 5.41) is 11.0. The summed E-state index contributed by atoms with van der Waals surface area (Å²) in [5.74, 6) is 0.713. The lowest BCUT2D eigenvalue weighted by atomic mass is 9.87. The number of hydrogen-bond donors (Lipinski definition) is 1. The lowest BCUT2D eigenvalue weighted by Crippen LogP contribution is -2.41. The van der Waals surface area contributed by atoms with E-state index in [-0.39, 0.29) is 29.7 Å². The first-order valence-corrected chi connectivity index (χ1v) is 12.9. The van der Waals surface area contributed by atoms with Crippen LogP contribution in [0.1, 0.15) is 37.1 Å². The van der Waals surface area contributed by atoms with Crippen LogP contribution in [0.15, 0.2) is 47.7 Å². The molecule has 4 heterocycles. The van der Waals surface area contributed by atoms with Gasteiger partial charge in [-0.2, -0.15) is 0 Å². The summed E-state index contributed by atoms with van der Waals surface area (Å²) in [6, 6.07) is 6.22. The fraction of sp³-hybridized carbons (Fsp3) is 0.385. The highest BCUT2D eigenvalue weighted by Gasteiger charge is 2.25. The van der Waals surface area contributed by atoms with Gasteiger partial charge in [-0.05, 0) is 42.4 Å². The zero-order valence-corrected chi connectivity index (χ0v) is 21.0. The molecule has 8 nitrogen and oxygen atoms in total. The summed E-state index contributed by atoms with van der Waals surface area (Å²) in [6.45, 7) is 5.97. The van der Waals surface area contributed by atoms with Crippen molar-refractivity contribution in [3.05, 3.63) is 69.5 Å². The van der Waals surface area contributed by atoms with E-state index in [1.807, 2.05) is 4.90 Å². The number of nitrogens with zero attached hydrogens (tertiary/aromatic N) is 5. The molecule has 0 radical (unpaired) electrons. The number of rotatable bonds is 6. The molecule has 1 aromatic carbocycles. The number of carbonyl (C=O) groups is 1. The van der Waals surface area contributed by atoms with E-state index in [0.717, 1.165) is 36.4 Å². The van der Waals surface area contributed by atoms with Crippen LogP contribution in [-0.4, -0.2) is 47.9 Å². The summed E-state index contributed by atoms with van der Waals surface area (Å²) in [6.07, 6.45) is 7.33. The largest absolute Gasteiger partial charge is 0.501 e. The number of aromatic hydroxyl groups is 1. The van der Waals surface area contributed by atoms with Gasteiger partial charge in [-0.25, -0.2) is 18.8 Å². The Morgan fingerprint density at radius 3 is 2.61 bits per heavy atom. The normalized spacial score (nSPS) is 14.7. The van der Waals surface area contributed by atoms with Gasteiger partial charge in [0.05, 0.1) is 0 Å². The number of aromatic nitrogens is 4. The van der Waals surface area contributed by atoms with Gasteiger partial charge < -0.3 is 14.6 Å². The minimum atomic E-state index is -0.616. The van der Waals surface area contributed by atoms with Crippen LogP contribution in [0.4, 0.5) is 4.39 Å². The highest BCUT2D eigenvalue weighted by molar-refractivity contribution is 7.15. The number of fused-ring (bicyclic) bond motifs is 1. The molecule has 4 aromatic rings. The third-order valence-corrected chi connectivity index (χ3v) is 7.92. The standard InChI is InChI=1S/C26H28FN5O3S/c1-16(2)18-7-9-30(10-8-18)21(33)15-31-11-12-32-25(35)23(34)22(29-26(31)32)24-28-14-20(36-24)13-17-3-5-19(27)6-4-17/h3-6,11-12,14,16,18,34H,7-10,13,15H2,1-2H3. The molecule has 1 amide bonds. The molecular weight excluding hydrogens is 481 g/mol. The third-order valence-electron chi connectivity index (χ3n) is 6.91. The zero-order valence-electron chi connectivity index (χ0n) is 20.2. The van der Waals surface area contributed by atoms with Gasteiger partial charge in [0, 0.05) is 43.0 Å². The van der Waals surface area contributed by atoms with Crippen molar-refractivity contribution in [2.45, 2.75) is 39.7 Å². The Balaban J connectivity index is 1.38. The predicted molar refractivity (Wildman–Crippen MR) is 136 cm³/mol. The molecule has 1 aliphatic rings. The van der Waals surface area contributed by atoms with E-state index in [4.69, 9.17) is 0 Å². The van der Waals surface area contributed by atoms with Crippen LogP contribution >= 0.6 is 11.3 Å². The molecule has 1 saturated heterocycles. The van der Waals surface area contributed by atoms with Gasteiger partial charge in [-0.3, -0.25) is 9.59 Å². The molecule has 188 valence electrons.